The highest BCUT2D eigenvalue weighted by Crippen LogP contribution is 2.29. The van der Waals surface area contributed by atoms with Crippen molar-refractivity contribution in [2.24, 2.45) is 0 Å². The van der Waals surface area contributed by atoms with Crippen molar-refractivity contribution in [3.63, 3.8) is 0 Å². The van der Waals surface area contributed by atoms with Crippen LogP contribution in [-0.2, 0) is 0 Å². The number of nitrogens with zero attached hydrogens (tertiary/aromatic N) is 2. The average molecular weight is 329 g/mol. The van der Waals surface area contributed by atoms with Crippen molar-refractivity contribution in [3.8, 4) is 0 Å². The normalized spacial score (nSPS) is 10.4. The van der Waals surface area contributed by atoms with Crippen molar-refractivity contribution in [1.82, 2.24) is 9.97 Å². The molecule has 2 aromatic rings. The molecule has 0 bridgehead atoms. The minimum absolute atomic E-state index is 0.587. The largest absolute Gasteiger partial charge is 0.370 e. The molecule has 0 spiro atoms. The average Bonchev–Trinajstić information content (AvgIpc) is 2.43. The van der Waals surface area contributed by atoms with E-state index in [0.29, 0.717) is 26.7 Å². The van der Waals surface area contributed by atoms with Crippen LogP contribution >= 0.6 is 35.0 Å². The Hall–Kier alpha value is -1.17. The zero-order valence-electron chi connectivity index (χ0n) is 11.1. The molecule has 4 nitrogen and oxygen atoms in total. The summed E-state index contributed by atoms with van der Waals surface area (Å²) in [6.07, 6.45) is 1.93. The molecule has 0 atom stereocenters. The summed E-state index contributed by atoms with van der Waals surface area (Å²) >= 11 is 13.6. The zero-order chi connectivity index (χ0) is 14.5. The molecule has 2 N–H and O–H groups in total. The molecule has 0 aliphatic rings. The highest BCUT2D eigenvalue weighted by atomic mass is 35.5. The lowest BCUT2D eigenvalue weighted by atomic mass is 10.3. The van der Waals surface area contributed by atoms with E-state index in [1.54, 1.807) is 18.2 Å². The smallest absolute Gasteiger partial charge is 0.191 e. The molecule has 2 rings (SSSR count). The molecule has 1 heterocycles. The van der Waals surface area contributed by atoms with Gasteiger partial charge < -0.3 is 10.6 Å². The van der Waals surface area contributed by atoms with Crippen LogP contribution in [0.2, 0.25) is 10.0 Å². The second kappa shape index (κ2) is 7.02. The fraction of sp³-hybridized carbons (Fsp3) is 0.231. The molecule has 7 heteroatoms. The quantitative estimate of drug-likeness (QED) is 0.616. The molecule has 0 aliphatic heterocycles. The molecule has 0 saturated heterocycles. The van der Waals surface area contributed by atoms with Crippen LogP contribution in [0.3, 0.4) is 0 Å². The van der Waals surface area contributed by atoms with Crippen molar-refractivity contribution >= 4 is 52.3 Å². The topological polar surface area (TPSA) is 49.8 Å². The first-order valence-corrected chi connectivity index (χ1v) is 7.99. The van der Waals surface area contributed by atoms with E-state index < -0.39 is 0 Å². The van der Waals surface area contributed by atoms with Crippen LogP contribution in [0.25, 0.3) is 0 Å². The molecule has 0 aliphatic carbocycles. The number of hydrogen-bond acceptors (Lipinski definition) is 5. The number of thioether (sulfide) groups is 1. The third-order valence-electron chi connectivity index (χ3n) is 2.44. The third-order valence-corrected chi connectivity index (χ3v) is 3.55. The fourth-order valence-electron chi connectivity index (χ4n) is 1.58. The first-order valence-electron chi connectivity index (χ1n) is 6.01. The maximum atomic E-state index is 6.14. The van der Waals surface area contributed by atoms with Crippen LogP contribution in [0.15, 0.2) is 29.4 Å². The van der Waals surface area contributed by atoms with Gasteiger partial charge in [0.25, 0.3) is 0 Å². The van der Waals surface area contributed by atoms with E-state index in [4.69, 9.17) is 23.2 Å². The highest BCUT2D eigenvalue weighted by Gasteiger charge is 2.07. The number of rotatable bonds is 5. The minimum Gasteiger partial charge on any atom is -0.370 e. The Morgan fingerprint density at radius 2 is 1.90 bits per heavy atom. The summed E-state index contributed by atoms with van der Waals surface area (Å²) in [5.41, 5.74) is 0.715. The fourth-order valence-corrected chi connectivity index (χ4v) is 2.30. The lowest BCUT2D eigenvalue weighted by Gasteiger charge is -2.11. The van der Waals surface area contributed by atoms with Crippen LogP contribution in [-0.4, -0.2) is 22.8 Å². The Morgan fingerprint density at radius 1 is 1.15 bits per heavy atom. The SMILES string of the molecule is CCNc1cc(Nc2cc(Cl)ccc2Cl)nc(SC)n1. The minimum atomic E-state index is 0.587. The van der Waals surface area contributed by atoms with E-state index in [2.05, 4.69) is 20.6 Å². The Kier molecular flexibility index (Phi) is 5.34. The molecule has 0 unspecified atom stereocenters. The van der Waals surface area contributed by atoms with Gasteiger partial charge in [-0.25, -0.2) is 9.97 Å². The van der Waals surface area contributed by atoms with Gasteiger partial charge in [0, 0.05) is 17.6 Å². The van der Waals surface area contributed by atoms with Crippen LogP contribution in [0.1, 0.15) is 6.92 Å². The first kappa shape index (κ1) is 15.2. The predicted octanol–water partition coefficient (Wildman–Crippen LogP) is 4.68. The molecule has 20 heavy (non-hydrogen) atoms. The summed E-state index contributed by atoms with van der Waals surface area (Å²) < 4.78 is 0. The number of nitrogens with one attached hydrogen (secondary N) is 2. The van der Waals surface area contributed by atoms with Gasteiger partial charge in [-0.1, -0.05) is 35.0 Å². The van der Waals surface area contributed by atoms with Crippen LogP contribution in [0.5, 0.6) is 0 Å². The van der Waals surface area contributed by atoms with E-state index in [9.17, 15) is 0 Å². The van der Waals surface area contributed by atoms with E-state index in [1.807, 2.05) is 19.2 Å². The van der Waals surface area contributed by atoms with Crippen LogP contribution in [0, 0.1) is 0 Å². The summed E-state index contributed by atoms with van der Waals surface area (Å²) in [4.78, 5) is 8.76. The monoisotopic (exact) mass is 328 g/mol. The van der Waals surface area contributed by atoms with Gasteiger partial charge in [0.1, 0.15) is 11.6 Å². The van der Waals surface area contributed by atoms with Crippen molar-refractivity contribution < 1.29 is 0 Å². The molecule has 0 fully saturated rings. The van der Waals surface area contributed by atoms with Crippen LogP contribution < -0.4 is 10.6 Å². The standard InChI is InChI=1S/C13H14Cl2N4S/c1-3-16-11-7-12(19-13(18-11)20-2)17-10-6-8(14)4-5-9(10)15/h4-7H,3H2,1-2H3,(H2,16,17,18,19). The summed E-state index contributed by atoms with van der Waals surface area (Å²) in [6, 6.07) is 7.08. The maximum absolute atomic E-state index is 6.14. The van der Waals surface area contributed by atoms with Gasteiger partial charge in [0.15, 0.2) is 5.16 Å². The number of aromatic nitrogens is 2. The molecule has 106 valence electrons. The van der Waals surface area contributed by atoms with Gasteiger partial charge in [-0.2, -0.15) is 0 Å². The number of halogens is 2. The second-order valence-electron chi connectivity index (χ2n) is 3.90. The Balaban J connectivity index is 2.32. The lowest BCUT2D eigenvalue weighted by Crippen LogP contribution is -2.03. The van der Waals surface area contributed by atoms with Gasteiger partial charge in [-0.05, 0) is 31.4 Å². The molecule has 0 radical (unpaired) electrons. The lowest BCUT2D eigenvalue weighted by molar-refractivity contribution is 0.967. The molecule has 1 aromatic carbocycles. The summed E-state index contributed by atoms with van der Waals surface area (Å²) in [5, 5.41) is 8.22. The molecular weight excluding hydrogens is 315 g/mol. The van der Waals surface area contributed by atoms with Gasteiger partial charge in [-0.15, -0.1) is 0 Å². The van der Waals surface area contributed by atoms with Crippen molar-refractivity contribution in [1.29, 1.82) is 0 Å². The molecular formula is C13H14Cl2N4S. The molecule has 1 aromatic heterocycles. The van der Waals surface area contributed by atoms with E-state index >= 15 is 0 Å². The maximum Gasteiger partial charge on any atom is 0.191 e. The summed E-state index contributed by atoms with van der Waals surface area (Å²) in [5.74, 6) is 1.44. The predicted molar refractivity (Wildman–Crippen MR) is 87.7 cm³/mol. The van der Waals surface area contributed by atoms with Crippen LogP contribution in [0.4, 0.5) is 17.3 Å². The molecule has 0 saturated carbocycles. The van der Waals surface area contributed by atoms with Crippen molar-refractivity contribution in [3.05, 3.63) is 34.3 Å². The third kappa shape index (κ3) is 3.91. The van der Waals surface area contributed by atoms with E-state index in [-0.39, 0.29) is 0 Å². The van der Waals surface area contributed by atoms with Crippen molar-refractivity contribution in [2.45, 2.75) is 12.1 Å². The Bertz CT molecular complexity index is 607. The van der Waals surface area contributed by atoms with Gasteiger partial charge in [0.2, 0.25) is 0 Å². The van der Waals surface area contributed by atoms with E-state index in [1.165, 1.54) is 11.8 Å². The Labute approximate surface area is 132 Å². The van der Waals surface area contributed by atoms with Gasteiger partial charge >= 0.3 is 0 Å². The number of anilines is 3. The van der Waals surface area contributed by atoms with Gasteiger partial charge in [0.05, 0.1) is 10.7 Å². The summed E-state index contributed by atoms with van der Waals surface area (Å²) in [7, 11) is 0. The zero-order valence-corrected chi connectivity index (χ0v) is 13.4. The number of benzene rings is 1. The summed E-state index contributed by atoms with van der Waals surface area (Å²) in [6.45, 7) is 2.81. The van der Waals surface area contributed by atoms with Crippen molar-refractivity contribution in [2.75, 3.05) is 23.4 Å². The molecule has 0 amide bonds. The second-order valence-corrected chi connectivity index (χ2v) is 5.52. The number of hydrogen-bond donors (Lipinski definition) is 2. The Morgan fingerprint density at radius 3 is 2.60 bits per heavy atom. The van der Waals surface area contributed by atoms with E-state index in [0.717, 1.165) is 12.4 Å². The first-order chi connectivity index (χ1) is 9.62. The highest BCUT2D eigenvalue weighted by molar-refractivity contribution is 7.98. The van der Waals surface area contributed by atoms with Gasteiger partial charge in [-0.3, -0.25) is 0 Å².